The molecule has 0 atom stereocenters. The lowest BCUT2D eigenvalue weighted by Gasteiger charge is -2.41. The Kier molecular flexibility index (Phi) is 5.72. The maximum Gasteiger partial charge on any atom is 0.138 e. The van der Waals surface area contributed by atoms with Gasteiger partial charge in [-0.3, -0.25) is 0 Å². The molecule has 0 saturated carbocycles. The van der Waals surface area contributed by atoms with E-state index in [4.69, 9.17) is 9.97 Å². The first-order valence-corrected chi connectivity index (χ1v) is 12.0. The molecular weight excluding hydrogens is 390 g/mol. The molecule has 4 heterocycles. The summed E-state index contributed by atoms with van der Waals surface area (Å²) in [7, 11) is 2.24. The monoisotopic (exact) mass is 421 g/mol. The summed E-state index contributed by atoms with van der Waals surface area (Å²) in [5.41, 5.74) is 1.25. The Labute approximate surface area is 183 Å². The largest absolute Gasteiger partial charge is 0.367 e. The zero-order valence-electron chi connectivity index (χ0n) is 18.0. The van der Waals surface area contributed by atoms with E-state index in [1.165, 1.54) is 62.3 Å². The van der Waals surface area contributed by atoms with Crippen LogP contribution in [0.3, 0.4) is 0 Å². The number of rotatable bonds is 4. The third-order valence-corrected chi connectivity index (χ3v) is 7.72. The van der Waals surface area contributed by atoms with Crippen LogP contribution in [0.25, 0.3) is 20.7 Å². The summed E-state index contributed by atoms with van der Waals surface area (Å²) in [6.45, 7) is 6.86. The molecule has 2 fully saturated rings. The van der Waals surface area contributed by atoms with Crippen molar-refractivity contribution < 1.29 is 0 Å². The van der Waals surface area contributed by atoms with Gasteiger partial charge in [0.25, 0.3) is 0 Å². The van der Waals surface area contributed by atoms with E-state index >= 15 is 0 Å². The Morgan fingerprint density at radius 2 is 1.70 bits per heavy atom. The second kappa shape index (κ2) is 8.61. The van der Waals surface area contributed by atoms with E-state index in [-0.39, 0.29) is 0 Å². The highest BCUT2D eigenvalue weighted by Gasteiger charge is 2.27. The molecule has 2 aliphatic rings. The van der Waals surface area contributed by atoms with Gasteiger partial charge in [-0.1, -0.05) is 30.3 Å². The third-order valence-electron chi connectivity index (χ3n) is 6.64. The summed E-state index contributed by atoms with van der Waals surface area (Å²) in [6.07, 6.45) is 5.01. The highest BCUT2D eigenvalue weighted by molar-refractivity contribution is 7.21. The number of benzene rings is 1. The van der Waals surface area contributed by atoms with Gasteiger partial charge in [0.15, 0.2) is 0 Å². The van der Waals surface area contributed by atoms with Crippen molar-refractivity contribution in [2.45, 2.75) is 44.7 Å². The number of fused-ring (bicyclic) bond motifs is 1. The zero-order chi connectivity index (χ0) is 20.5. The smallest absolute Gasteiger partial charge is 0.138 e. The number of nitrogens with zero attached hydrogens (tertiary/aromatic N) is 4. The van der Waals surface area contributed by atoms with Crippen molar-refractivity contribution in [2.75, 3.05) is 38.5 Å². The van der Waals surface area contributed by atoms with Crippen LogP contribution in [0, 0.1) is 6.92 Å². The van der Waals surface area contributed by atoms with E-state index < -0.39 is 0 Å². The number of likely N-dealkylation sites (tertiary alicyclic amines) is 2. The number of aromatic nitrogens is 2. The topological polar surface area (TPSA) is 44.3 Å². The Bertz CT molecular complexity index is 986. The molecule has 1 N–H and O–H groups in total. The number of anilines is 1. The molecule has 0 radical (unpaired) electrons. The lowest BCUT2D eigenvalue weighted by molar-refractivity contribution is 0.0994. The maximum atomic E-state index is 4.78. The zero-order valence-corrected chi connectivity index (χ0v) is 18.8. The fraction of sp³-hybridized carbons (Fsp3) is 0.500. The molecule has 2 aliphatic heterocycles. The number of hydrogen-bond acceptors (Lipinski definition) is 6. The van der Waals surface area contributed by atoms with Crippen molar-refractivity contribution in [3.8, 4) is 10.4 Å². The molecule has 0 spiro atoms. The van der Waals surface area contributed by atoms with Crippen LogP contribution < -0.4 is 5.32 Å². The van der Waals surface area contributed by atoms with Gasteiger partial charge in [0.2, 0.25) is 0 Å². The molecule has 0 unspecified atom stereocenters. The number of aryl methyl sites for hydroxylation is 1. The van der Waals surface area contributed by atoms with Crippen LogP contribution in [0.5, 0.6) is 0 Å². The van der Waals surface area contributed by atoms with Gasteiger partial charge in [-0.15, -0.1) is 11.3 Å². The molecule has 0 bridgehead atoms. The molecule has 6 heteroatoms. The summed E-state index contributed by atoms with van der Waals surface area (Å²) in [4.78, 5) is 17.0. The number of nitrogens with one attached hydrogen (secondary N) is 1. The maximum absolute atomic E-state index is 4.78. The molecule has 5 nitrogen and oxygen atoms in total. The fourth-order valence-electron chi connectivity index (χ4n) is 4.85. The van der Waals surface area contributed by atoms with Gasteiger partial charge in [-0.05, 0) is 64.4 Å². The van der Waals surface area contributed by atoms with Gasteiger partial charge in [0, 0.05) is 30.1 Å². The minimum absolute atomic E-state index is 0.491. The molecule has 3 aromatic rings. The van der Waals surface area contributed by atoms with Crippen LogP contribution in [0.2, 0.25) is 0 Å². The molecule has 30 heavy (non-hydrogen) atoms. The standard InChI is InChI=1S/C24H31N5S/c1-17-25-23(21-16-22(30-24(21)26-17)18-6-4-3-5-7-18)27-19-8-14-29(15-9-19)20-10-12-28(2)13-11-20/h3-7,16,19-20H,8-15H2,1-2H3,(H,25,26,27). The van der Waals surface area contributed by atoms with E-state index in [0.29, 0.717) is 6.04 Å². The molecule has 0 aliphatic carbocycles. The van der Waals surface area contributed by atoms with Crippen LogP contribution in [0.1, 0.15) is 31.5 Å². The molecule has 1 aromatic carbocycles. The predicted molar refractivity (Wildman–Crippen MR) is 126 cm³/mol. The van der Waals surface area contributed by atoms with Gasteiger partial charge in [-0.25, -0.2) is 9.97 Å². The summed E-state index contributed by atoms with van der Waals surface area (Å²) in [6, 6.07) is 14.1. The van der Waals surface area contributed by atoms with Crippen molar-refractivity contribution >= 4 is 27.4 Å². The molecule has 2 aromatic heterocycles. The lowest BCUT2D eigenvalue weighted by Crippen LogP contribution is -2.48. The Morgan fingerprint density at radius 1 is 0.967 bits per heavy atom. The van der Waals surface area contributed by atoms with Crippen molar-refractivity contribution in [1.29, 1.82) is 0 Å². The third kappa shape index (κ3) is 4.22. The number of piperidine rings is 2. The fourth-order valence-corrected chi connectivity index (χ4v) is 5.93. The van der Waals surface area contributed by atoms with Crippen LogP contribution >= 0.6 is 11.3 Å². The SMILES string of the molecule is Cc1nc(NC2CCN(C3CCN(C)CC3)CC2)c2cc(-c3ccccc3)sc2n1. The van der Waals surface area contributed by atoms with E-state index in [1.54, 1.807) is 11.3 Å². The first-order chi connectivity index (χ1) is 14.7. The summed E-state index contributed by atoms with van der Waals surface area (Å²) < 4.78 is 0. The van der Waals surface area contributed by atoms with E-state index in [1.807, 2.05) is 6.92 Å². The lowest BCUT2D eigenvalue weighted by atomic mass is 9.98. The number of hydrogen-bond donors (Lipinski definition) is 1. The van der Waals surface area contributed by atoms with Gasteiger partial charge < -0.3 is 15.1 Å². The van der Waals surface area contributed by atoms with Crippen molar-refractivity contribution in [2.24, 2.45) is 0 Å². The quantitative estimate of drug-likeness (QED) is 0.665. The molecular formula is C24H31N5S. The molecule has 5 rings (SSSR count). The minimum Gasteiger partial charge on any atom is -0.367 e. The van der Waals surface area contributed by atoms with E-state index in [2.05, 4.69) is 58.6 Å². The van der Waals surface area contributed by atoms with Crippen LogP contribution in [-0.4, -0.2) is 65.1 Å². The minimum atomic E-state index is 0.491. The van der Waals surface area contributed by atoms with Crippen LogP contribution in [0.4, 0.5) is 5.82 Å². The van der Waals surface area contributed by atoms with Gasteiger partial charge in [-0.2, -0.15) is 0 Å². The van der Waals surface area contributed by atoms with Gasteiger partial charge >= 0.3 is 0 Å². The molecule has 0 amide bonds. The van der Waals surface area contributed by atoms with Gasteiger partial charge in [0.05, 0.1) is 5.39 Å². The Morgan fingerprint density at radius 3 is 2.43 bits per heavy atom. The second-order valence-corrected chi connectivity index (χ2v) is 9.83. The summed E-state index contributed by atoms with van der Waals surface area (Å²) in [5, 5.41) is 4.94. The van der Waals surface area contributed by atoms with E-state index in [0.717, 1.165) is 27.9 Å². The normalized spacial score (nSPS) is 20.1. The number of thiophene rings is 1. The van der Waals surface area contributed by atoms with Crippen LogP contribution in [-0.2, 0) is 0 Å². The Hall–Kier alpha value is -2.02. The average molecular weight is 422 g/mol. The predicted octanol–water partition coefficient (Wildman–Crippen LogP) is 4.64. The molecule has 2 saturated heterocycles. The van der Waals surface area contributed by atoms with Crippen LogP contribution in [0.15, 0.2) is 36.4 Å². The van der Waals surface area contributed by atoms with E-state index in [9.17, 15) is 0 Å². The second-order valence-electron chi connectivity index (χ2n) is 8.80. The Balaban J connectivity index is 1.29. The van der Waals surface area contributed by atoms with Crippen molar-refractivity contribution in [3.05, 3.63) is 42.2 Å². The first-order valence-electron chi connectivity index (χ1n) is 11.2. The summed E-state index contributed by atoms with van der Waals surface area (Å²) >= 11 is 1.76. The van der Waals surface area contributed by atoms with Gasteiger partial charge in [0.1, 0.15) is 16.5 Å². The molecule has 158 valence electrons. The highest BCUT2D eigenvalue weighted by Crippen LogP contribution is 2.36. The highest BCUT2D eigenvalue weighted by atomic mass is 32.1. The first kappa shape index (κ1) is 19.9. The van der Waals surface area contributed by atoms with Crippen molar-refractivity contribution in [1.82, 2.24) is 19.8 Å². The summed E-state index contributed by atoms with van der Waals surface area (Å²) in [5.74, 6) is 1.85. The van der Waals surface area contributed by atoms with Crippen molar-refractivity contribution in [3.63, 3.8) is 0 Å². The average Bonchev–Trinajstić information content (AvgIpc) is 3.20.